The minimum absolute atomic E-state index is 0.130. The van der Waals surface area contributed by atoms with Gasteiger partial charge < -0.3 is 10.2 Å². The van der Waals surface area contributed by atoms with Crippen molar-refractivity contribution in [2.75, 3.05) is 0 Å². The fraction of sp³-hybridized carbons (Fsp3) is 0.538. The second-order valence-corrected chi connectivity index (χ2v) is 4.23. The number of aliphatic hydroxyl groups excluding tert-OH is 2. The Morgan fingerprint density at radius 3 is 2.20 bits per heavy atom. The normalized spacial score (nSPS) is 17.1. The van der Waals surface area contributed by atoms with Crippen LogP contribution in [0.1, 0.15) is 25.8 Å². The molecule has 0 saturated heterocycles. The summed E-state index contributed by atoms with van der Waals surface area (Å²) in [7, 11) is 0. The molecule has 1 rings (SSSR count). The molecular formula is C13H20O2. The quantitative estimate of drug-likeness (QED) is 0.777. The van der Waals surface area contributed by atoms with Crippen LogP contribution in [0, 0.1) is 5.92 Å². The summed E-state index contributed by atoms with van der Waals surface area (Å²) in [6.07, 6.45) is 0.589. The van der Waals surface area contributed by atoms with Gasteiger partial charge in [0.05, 0.1) is 12.2 Å². The van der Waals surface area contributed by atoms with Gasteiger partial charge in [-0.2, -0.15) is 0 Å². The van der Waals surface area contributed by atoms with Gasteiger partial charge in [-0.3, -0.25) is 0 Å². The summed E-state index contributed by atoms with van der Waals surface area (Å²) in [6, 6.07) is 10.2. The molecule has 2 heteroatoms. The summed E-state index contributed by atoms with van der Waals surface area (Å²) in [5.41, 5.74) is 1.28. The van der Waals surface area contributed by atoms with Crippen LogP contribution in [-0.2, 0) is 6.42 Å². The number of hydrogen-bond acceptors (Lipinski definition) is 2. The fourth-order valence-corrected chi connectivity index (χ4v) is 1.69. The first kappa shape index (κ1) is 12.2. The zero-order valence-corrected chi connectivity index (χ0v) is 9.43. The van der Waals surface area contributed by atoms with E-state index in [9.17, 15) is 10.2 Å². The molecule has 0 saturated carbocycles. The average molecular weight is 208 g/mol. The second kappa shape index (κ2) is 5.89. The molecule has 1 aromatic rings. The first-order valence-corrected chi connectivity index (χ1v) is 5.51. The van der Waals surface area contributed by atoms with Crippen molar-refractivity contribution in [1.82, 2.24) is 0 Å². The fourth-order valence-electron chi connectivity index (χ4n) is 1.69. The summed E-state index contributed by atoms with van der Waals surface area (Å²) in [4.78, 5) is 0. The molecular weight excluding hydrogens is 188 g/mol. The smallest absolute Gasteiger partial charge is 0.0821 e. The van der Waals surface area contributed by atoms with E-state index >= 15 is 0 Å². The molecule has 0 fully saturated rings. The number of aryl methyl sites for hydroxylation is 1. The van der Waals surface area contributed by atoms with Gasteiger partial charge in [0.2, 0.25) is 0 Å². The van der Waals surface area contributed by atoms with Crippen molar-refractivity contribution >= 4 is 0 Å². The van der Waals surface area contributed by atoms with E-state index in [1.807, 2.05) is 25.1 Å². The predicted molar refractivity (Wildman–Crippen MR) is 61.6 cm³/mol. The SMILES string of the molecule is C[C@H](O)[C@H](O)[C@H](C)CCc1ccccc1. The summed E-state index contributed by atoms with van der Waals surface area (Å²) >= 11 is 0. The summed E-state index contributed by atoms with van der Waals surface area (Å²) in [5.74, 6) is 0.130. The number of benzene rings is 1. The minimum Gasteiger partial charge on any atom is -0.391 e. The molecule has 0 aromatic heterocycles. The molecule has 0 aliphatic carbocycles. The van der Waals surface area contributed by atoms with Crippen molar-refractivity contribution in [2.45, 2.75) is 38.9 Å². The van der Waals surface area contributed by atoms with E-state index in [1.54, 1.807) is 6.92 Å². The number of aliphatic hydroxyl groups is 2. The highest BCUT2D eigenvalue weighted by Gasteiger charge is 2.18. The molecule has 0 heterocycles. The third-order valence-corrected chi connectivity index (χ3v) is 2.81. The van der Waals surface area contributed by atoms with Crippen molar-refractivity contribution in [3.05, 3.63) is 35.9 Å². The highest BCUT2D eigenvalue weighted by molar-refractivity contribution is 5.14. The van der Waals surface area contributed by atoms with Crippen LogP contribution in [0.15, 0.2) is 30.3 Å². The maximum Gasteiger partial charge on any atom is 0.0821 e. The zero-order chi connectivity index (χ0) is 11.3. The van der Waals surface area contributed by atoms with E-state index < -0.39 is 12.2 Å². The van der Waals surface area contributed by atoms with E-state index in [4.69, 9.17) is 0 Å². The Labute approximate surface area is 91.6 Å². The van der Waals surface area contributed by atoms with Crippen molar-refractivity contribution in [3.8, 4) is 0 Å². The molecule has 2 nitrogen and oxygen atoms in total. The molecule has 0 aliphatic heterocycles. The molecule has 0 bridgehead atoms. The second-order valence-electron chi connectivity index (χ2n) is 4.23. The van der Waals surface area contributed by atoms with Crippen LogP contribution in [0.25, 0.3) is 0 Å². The summed E-state index contributed by atoms with van der Waals surface area (Å²) in [6.45, 7) is 3.60. The lowest BCUT2D eigenvalue weighted by molar-refractivity contribution is -0.00423. The van der Waals surface area contributed by atoms with Gasteiger partial charge in [0.1, 0.15) is 0 Å². The van der Waals surface area contributed by atoms with E-state index in [1.165, 1.54) is 5.56 Å². The van der Waals surface area contributed by atoms with Crippen LogP contribution in [0.4, 0.5) is 0 Å². The Morgan fingerprint density at radius 2 is 1.67 bits per heavy atom. The summed E-state index contributed by atoms with van der Waals surface area (Å²) in [5, 5.41) is 18.9. The van der Waals surface area contributed by atoms with Crippen molar-refractivity contribution in [3.63, 3.8) is 0 Å². The largest absolute Gasteiger partial charge is 0.391 e. The third-order valence-electron chi connectivity index (χ3n) is 2.81. The predicted octanol–water partition coefficient (Wildman–Crippen LogP) is 2.00. The van der Waals surface area contributed by atoms with E-state index in [0.29, 0.717) is 0 Å². The van der Waals surface area contributed by atoms with Crippen LogP contribution in [0.3, 0.4) is 0 Å². The van der Waals surface area contributed by atoms with Crippen LogP contribution < -0.4 is 0 Å². The van der Waals surface area contributed by atoms with Gasteiger partial charge in [0.25, 0.3) is 0 Å². The lowest BCUT2D eigenvalue weighted by Gasteiger charge is -2.21. The molecule has 15 heavy (non-hydrogen) atoms. The Morgan fingerprint density at radius 1 is 1.07 bits per heavy atom. The molecule has 0 aliphatic rings. The van der Waals surface area contributed by atoms with Gasteiger partial charge >= 0.3 is 0 Å². The van der Waals surface area contributed by atoms with Crippen molar-refractivity contribution in [1.29, 1.82) is 0 Å². The van der Waals surface area contributed by atoms with Gasteiger partial charge in [0.15, 0.2) is 0 Å². The number of rotatable bonds is 5. The monoisotopic (exact) mass is 208 g/mol. The molecule has 0 unspecified atom stereocenters. The highest BCUT2D eigenvalue weighted by Crippen LogP contribution is 2.15. The van der Waals surface area contributed by atoms with Crippen LogP contribution in [-0.4, -0.2) is 22.4 Å². The van der Waals surface area contributed by atoms with E-state index in [2.05, 4.69) is 12.1 Å². The molecule has 0 amide bonds. The molecule has 1 aromatic carbocycles. The van der Waals surface area contributed by atoms with Gasteiger partial charge in [-0.05, 0) is 31.2 Å². The van der Waals surface area contributed by atoms with Gasteiger partial charge in [0, 0.05) is 0 Å². The molecule has 3 atom stereocenters. The average Bonchev–Trinajstić information content (AvgIpc) is 2.26. The molecule has 0 spiro atoms. The lowest BCUT2D eigenvalue weighted by atomic mass is 9.93. The van der Waals surface area contributed by atoms with Crippen LogP contribution >= 0.6 is 0 Å². The third kappa shape index (κ3) is 4.02. The van der Waals surface area contributed by atoms with Crippen LogP contribution in [0.5, 0.6) is 0 Å². The Hall–Kier alpha value is -0.860. The van der Waals surface area contributed by atoms with Crippen molar-refractivity contribution in [2.24, 2.45) is 5.92 Å². The molecule has 2 N–H and O–H groups in total. The molecule has 0 radical (unpaired) electrons. The number of hydrogen-bond donors (Lipinski definition) is 2. The Balaban J connectivity index is 2.37. The van der Waals surface area contributed by atoms with Crippen LogP contribution in [0.2, 0.25) is 0 Å². The Kier molecular flexibility index (Phi) is 4.79. The standard InChI is InChI=1S/C13H20O2/c1-10(13(15)11(2)14)8-9-12-6-4-3-5-7-12/h3-7,10-11,13-15H,8-9H2,1-2H3/t10-,11+,13-/m1/s1. The van der Waals surface area contributed by atoms with Gasteiger partial charge in [-0.1, -0.05) is 37.3 Å². The molecule has 84 valence electrons. The highest BCUT2D eigenvalue weighted by atomic mass is 16.3. The maximum atomic E-state index is 9.62. The van der Waals surface area contributed by atoms with Crippen molar-refractivity contribution < 1.29 is 10.2 Å². The van der Waals surface area contributed by atoms with E-state index in [-0.39, 0.29) is 5.92 Å². The lowest BCUT2D eigenvalue weighted by Crippen LogP contribution is -2.29. The Bertz CT molecular complexity index is 269. The van der Waals surface area contributed by atoms with Gasteiger partial charge in [-0.15, -0.1) is 0 Å². The maximum absolute atomic E-state index is 9.62. The topological polar surface area (TPSA) is 40.5 Å². The minimum atomic E-state index is -0.643. The van der Waals surface area contributed by atoms with E-state index in [0.717, 1.165) is 12.8 Å². The zero-order valence-electron chi connectivity index (χ0n) is 9.43. The first-order chi connectivity index (χ1) is 7.11. The first-order valence-electron chi connectivity index (χ1n) is 5.51. The van der Waals surface area contributed by atoms with Gasteiger partial charge in [-0.25, -0.2) is 0 Å². The summed E-state index contributed by atoms with van der Waals surface area (Å²) < 4.78 is 0.